The molecule has 0 spiro atoms. The molecule has 2 nitrogen and oxygen atoms in total. The monoisotopic (exact) mass is 462 g/mol. The molecule has 1 saturated carbocycles. The van der Waals surface area contributed by atoms with Gasteiger partial charge in [-0.25, -0.2) is 0 Å². The zero-order valence-electron chi connectivity index (χ0n) is 21.5. The molecule has 0 radical (unpaired) electrons. The van der Waals surface area contributed by atoms with E-state index in [-0.39, 0.29) is 22.3 Å². The Hall–Kier alpha value is -1.97. The Morgan fingerprint density at radius 3 is 1.94 bits per heavy atom. The molecule has 178 valence electrons. The molecule has 0 bridgehead atoms. The van der Waals surface area contributed by atoms with Crippen LogP contribution in [0.25, 0.3) is 0 Å². The molecule has 2 aromatic carbocycles. The first kappa shape index (κ1) is 25.6. The second kappa shape index (κ2) is 10.1. The van der Waals surface area contributed by atoms with Gasteiger partial charge in [-0.3, -0.25) is 4.79 Å². The van der Waals surface area contributed by atoms with Crippen molar-refractivity contribution in [2.75, 3.05) is 0 Å². The summed E-state index contributed by atoms with van der Waals surface area (Å²) in [5, 5.41) is 2.66. The van der Waals surface area contributed by atoms with Crippen molar-refractivity contribution in [3.8, 4) is 0 Å². The van der Waals surface area contributed by atoms with E-state index in [0.717, 1.165) is 19.1 Å². The van der Waals surface area contributed by atoms with Gasteiger partial charge < -0.3 is 4.43 Å². The number of benzene rings is 2. The van der Waals surface area contributed by atoms with Gasteiger partial charge >= 0.3 is 0 Å². The van der Waals surface area contributed by atoms with Crippen LogP contribution in [0.5, 0.6) is 0 Å². The van der Waals surface area contributed by atoms with Crippen LogP contribution in [-0.2, 0) is 9.22 Å². The molecular weight excluding hydrogens is 420 g/mol. The summed E-state index contributed by atoms with van der Waals surface area (Å²) in [6.45, 7) is 16.5. The van der Waals surface area contributed by atoms with Crippen molar-refractivity contribution in [2.24, 2.45) is 28.1 Å². The molecule has 3 heteroatoms. The van der Waals surface area contributed by atoms with Gasteiger partial charge in [0.2, 0.25) is 9.04 Å². The Labute approximate surface area is 203 Å². The maximum Gasteiger partial charge on any atom is 0.240 e. The lowest BCUT2D eigenvalue weighted by Crippen LogP contribution is -2.54. The van der Waals surface area contributed by atoms with Crippen LogP contribution < -0.4 is 10.4 Å². The summed E-state index contributed by atoms with van der Waals surface area (Å²) in [5.74, 6) is 0.775. The minimum Gasteiger partial charge on any atom is -0.407 e. The Morgan fingerprint density at radius 2 is 1.48 bits per heavy atom. The van der Waals surface area contributed by atoms with Crippen LogP contribution in [-0.4, -0.2) is 21.4 Å². The van der Waals surface area contributed by atoms with Crippen LogP contribution in [0, 0.1) is 28.1 Å². The SMILES string of the molecule is C[C@@H](/C=C/C=O)[C@@]1(C)CC[C@@H](C(O[SiH](c2ccccc2)c2ccccc2)C(C)(C)C)C1(C)C. The van der Waals surface area contributed by atoms with Gasteiger partial charge in [0, 0.05) is 0 Å². The van der Waals surface area contributed by atoms with E-state index in [4.69, 9.17) is 4.43 Å². The van der Waals surface area contributed by atoms with Crippen molar-refractivity contribution in [2.45, 2.75) is 67.4 Å². The first-order valence-electron chi connectivity index (χ1n) is 12.4. The van der Waals surface area contributed by atoms with E-state index in [2.05, 4.69) is 115 Å². The van der Waals surface area contributed by atoms with Gasteiger partial charge in [0.05, 0.1) is 6.10 Å². The van der Waals surface area contributed by atoms with Gasteiger partial charge in [-0.2, -0.15) is 0 Å². The number of hydrogen-bond donors (Lipinski definition) is 0. The van der Waals surface area contributed by atoms with E-state index in [1.54, 1.807) is 6.08 Å². The maximum absolute atomic E-state index is 11.0. The molecule has 0 saturated heterocycles. The van der Waals surface area contributed by atoms with Gasteiger partial charge in [0.15, 0.2) is 0 Å². The lowest BCUT2D eigenvalue weighted by Gasteiger charge is -2.50. The van der Waals surface area contributed by atoms with Crippen LogP contribution in [0.15, 0.2) is 72.8 Å². The zero-order chi connectivity index (χ0) is 24.3. The van der Waals surface area contributed by atoms with Crippen molar-refractivity contribution >= 4 is 25.7 Å². The number of allylic oxidation sites excluding steroid dienone is 2. The first-order chi connectivity index (χ1) is 15.5. The third kappa shape index (κ3) is 5.25. The van der Waals surface area contributed by atoms with E-state index < -0.39 is 9.04 Å². The van der Waals surface area contributed by atoms with E-state index in [1.807, 2.05) is 0 Å². The van der Waals surface area contributed by atoms with E-state index in [1.165, 1.54) is 10.4 Å². The molecule has 33 heavy (non-hydrogen) atoms. The third-order valence-corrected chi connectivity index (χ3v) is 11.1. The van der Waals surface area contributed by atoms with Gasteiger partial charge in [0.1, 0.15) is 6.29 Å². The molecule has 3 rings (SSSR count). The highest BCUT2D eigenvalue weighted by atomic mass is 28.3. The Kier molecular flexibility index (Phi) is 7.86. The summed E-state index contributed by atoms with van der Waals surface area (Å²) in [5.41, 5.74) is 0.203. The fourth-order valence-electron chi connectivity index (χ4n) is 5.98. The molecule has 0 N–H and O–H groups in total. The topological polar surface area (TPSA) is 26.3 Å². The third-order valence-electron chi connectivity index (χ3n) is 8.56. The molecule has 1 fully saturated rings. The number of carbonyl (C=O) groups is 1. The molecular formula is C30H42O2Si. The van der Waals surface area contributed by atoms with Crippen LogP contribution in [0.2, 0.25) is 0 Å². The van der Waals surface area contributed by atoms with Crippen molar-refractivity contribution in [1.82, 2.24) is 0 Å². The number of carbonyl (C=O) groups excluding carboxylic acids is 1. The maximum atomic E-state index is 11.0. The highest BCUT2D eigenvalue weighted by Gasteiger charge is 2.57. The second-order valence-corrected chi connectivity index (χ2v) is 14.1. The minimum atomic E-state index is -1.87. The van der Waals surface area contributed by atoms with Gasteiger partial charge in [-0.05, 0) is 57.4 Å². The van der Waals surface area contributed by atoms with Crippen molar-refractivity contribution in [3.63, 3.8) is 0 Å². The van der Waals surface area contributed by atoms with Crippen molar-refractivity contribution in [1.29, 1.82) is 0 Å². The zero-order valence-corrected chi connectivity index (χ0v) is 22.7. The Balaban J connectivity index is 2.00. The average Bonchev–Trinajstić information content (AvgIpc) is 3.03. The largest absolute Gasteiger partial charge is 0.407 e. The number of aldehydes is 1. The summed E-state index contributed by atoms with van der Waals surface area (Å²) in [6.07, 6.45) is 7.11. The van der Waals surface area contributed by atoms with Crippen LogP contribution in [0.4, 0.5) is 0 Å². The molecule has 1 aliphatic rings. The quantitative estimate of drug-likeness (QED) is 0.282. The Morgan fingerprint density at radius 1 is 0.970 bits per heavy atom. The molecule has 0 aromatic heterocycles. The van der Waals surface area contributed by atoms with Crippen LogP contribution in [0.1, 0.15) is 61.3 Å². The molecule has 0 aliphatic heterocycles. The number of rotatable bonds is 8. The van der Waals surface area contributed by atoms with E-state index in [9.17, 15) is 4.79 Å². The van der Waals surface area contributed by atoms with Crippen molar-refractivity contribution < 1.29 is 9.22 Å². The lowest BCUT2D eigenvalue weighted by molar-refractivity contribution is -0.104. The number of hydrogen-bond acceptors (Lipinski definition) is 2. The smallest absolute Gasteiger partial charge is 0.240 e. The fraction of sp³-hybridized carbons (Fsp3) is 0.500. The van der Waals surface area contributed by atoms with Crippen LogP contribution >= 0.6 is 0 Å². The van der Waals surface area contributed by atoms with Crippen molar-refractivity contribution in [3.05, 3.63) is 72.8 Å². The molecule has 4 atom stereocenters. The first-order valence-corrected chi connectivity index (χ1v) is 14.0. The van der Waals surface area contributed by atoms with Crippen LogP contribution in [0.3, 0.4) is 0 Å². The Bertz CT molecular complexity index is 889. The predicted octanol–water partition coefficient (Wildman–Crippen LogP) is 5.79. The lowest BCUT2D eigenvalue weighted by atomic mass is 9.58. The highest BCUT2D eigenvalue weighted by Crippen LogP contribution is 2.62. The predicted molar refractivity (Wildman–Crippen MR) is 143 cm³/mol. The molecule has 1 unspecified atom stereocenters. The molecule has 0 amide bonds. The minimum absolute atomic E-state index is 0.0177. The highest BCUT2D eigenvalue weighted by molar-refractivity contribution is 6.80. The summed E-state index contributed by atoms with van der Waals surface area (Å²) in [4.78, 5) is 11.0. The summed E-state index contributed by atoms with van der Waals surface area (Å²) in [7, 11) is -1.87. The summed E-state index contributed by atoms with van der Waals surface area (Å²) < 4.78 is 7.33. The van der Waals surface area contributed by atoms with E-state index >= 15 is 0 Å². The second-order valence-electron chi connectivity index (χ2n) is 11.7. The molecule has 1 aliphatic carbocycles. The summed E-state index contributed by atoms with van der Waals surface area (Å²) in [6, 6.07) is 21.6. The molecule has 2 aromatic rings. The van der Waals surface area contributed by atoms with Gasteiger partial charge in [0.25, 0.3) is 0 Å². The van der Waals surface area contributed by atoms with Gasteiger partial charge in [-0.15, -0.1) is 0 Å². The molecule has 0 heterocycles. The van der Waals surface area contributed by atoms with E-state index in [0.29, 0.717) is 11.8 Å². The normalized spacial score (nSPS) is 24.8. The fourth-order valence-corrected chi connectivity index (χ4v) is 8.72. The van der Waals surface area contributed by atoms with Gasteiger partial charge in [-0.1, -0.05) is 115 Å². The summed E-state index contributed by atoms with van der Waals surface area (Å²) >= 11 is 0. The standard InChI is InChI=1S/C30H42O2Si/c1-23(15-14-22-31)30(7)21-20-26(29(30,5)6)27(28(2,3)4)32-33(24-16-10-8-11-17-24)25-18-12-9-13-19-25/h8-19,22-23,26-27,33H,20-21H2,1-7H3/b15-14+/t23-,26-,27?,30+/m0/s1. The average molecular weight is 463 g/mol.